The Bertz CT molecular complexity index is 816. The zero-order valence-electron chi connectivity index (χ0n) is 15.4. The lowest BCUT2D eigenvalue weighted by Gasteiger charge is -2.34. The van der Waals surface area contributed by atoms with Crippen LogP contribution in [-0.4, -0.2) is 39.0 Å². The maximum absolute atomic E-state index is 13.1. The van der Waals surface area contributed by atoms with E-state index in [1.807, 2.05) is 44.0 Å². The topological polar surface area (TPSA) is 67.3 Å². The highest BCUT2D eigenvalue weighted by atomic mass is 16.5. The van der Waals surface area contributed by atoms with E-state index in [-0.39, 0.29) is 24.0 Å². The quantitative estimate of drug-likeness (QED) is 0.870. The number of fused-ring (bicyclic) bond motifs is 1. The van der Waals surface area contributed by atoms with Gasteiger partial charge in [-0.3, -0.25) is 4.79 Å². The summed E-state index contributed by atoms with van der Waals surface area (Å²) in [7, 11) is 0. The highest BCUT2D eigenvalue weighted by Crippen LogP contribution is 2.29. The van der Waals surface area contributed by atoms with Gasteiger partial charge in [0, 0.05) is 30.7 Å². The molecule has 1 atom stereocenters. The number of H-pyrrole nitrogens is 1. The summed E-state index contributed by atoms with van der Waals surface area (Å²) in [4.78, 5) is 30.4. The van der Waals surface area contributed by atoms with E-state index in [2.05, 4.69) is 9.55 Å². The first-order valence-corrected chi connectivity index (χ1v) is 8.67. The number of aromatic nitrogens is 2. The molecule has 1 N–H and O–H groups in total. The van der Waals surface area contributed by atoms with Crippen LogP contribution in [0.15, 0.2) is 18.3 Å². The van der Waals surface area contributed by atoms with E-state index in [9.17, 15) is 9.59 Å². The molecule has 1 aliphatic heterocycles. The predicted octanol–water partition coefficient (Wildman–Crippen LogP) is 3.22. The fourth-order valence-corrected chi connectivity index (χ4v) is 3.54. The Hall–Kier alpha value is -2.50. The molecule has 0 aliphatic carbocycles. The molecule has 1 aliphatic rings. The van der Waals surface area contributed by atoms with Gasteiger partial charge >= 0.3 is 5.97 Å². The van der Waals surface area contributed by atoms with Crippen molar-refractivity contribution in [3.63, 3.8) is 0 Å². The Morgan fingerprint density at radius 3 is 2.68 bits per heavy atom. The van der Waals surface area contributed by atoms with Gasteiger partial charge in [-0.1, -0.05) is 0 Å². The van der Waals surface area contributed by atoms with Crippen molar-refractivity contribution in [2.45, 2.75) is 53.3 Å². The molecule has 2 aromatic rings. The maximum atomic E-state index is 13.1. The molecule has 6 heteroatoms. The average Bonchev–Trinajstić information content (AvgIpc) is 3.11. The molecule has 6 nitrogen and oxygen atoms in total. The standard InChI is InChI=1S/C19H25N3O3/c1-11(2)25-19(24)16-12(3)17(20-13(16)4)18(23)22-10-9-21-8-6-7-15(21)14(22)5/h6-8,11,14,20H,9-10H2,1-5H3/t14-/m0/s1. The summed E-state index contributed by atoms with van der Waals surface area (Å²) in [6.45, 7) is 10.7. The Balaban J connectivity index is 1.90. The molecule has 1 amide bonds. The third-order valence-corrected chi connectivity index (χ3v) is 4.80. The van der Waals surface area contributed by atoms with Gasteiger partial charge in [-0.25, -0.2) is 4.79 Å². The van der Waals surface area contributed by atoms with E-state index in [1.54, 1.807) is 13.8 Å². The zero-order valence-corrected chi connectivity index (χ0v) is 15.4. The number of aromatic amines is 1. The van der Waals surface area contributed by atoms with Gasteiger partial charge in [-0.15, -0.1) is 0 Å². The Kier molecular flexibility index (Phi) is 4.45. The van der Waals surface area contributed by atoms with Crippen LogP contribution in [0.25, 0.3) is 0 Å². The summed E-state index contributed by atoms with van der Waals surface area (Å²) in [5.74, 6) is -0.468. The van der Waals surface area contributed by atoms with E-state index in [0.717, 1.165) is 12.2 Å². The molecule has 0 fully saturated rings. The van der Waals surface area contributed by atoms with E-state index < -0.39 is 0 Å². The van der Waals surface area contributed by atoms with Crippen LogP contribution in [0, 0.1) is 13.8 Å². The first-order valence-electron chi connectivity index (χ1n) is 8.67. The number of nitrogens with one attached hydrogen (secondary N) is 1. The molecule has 0 saturated heterocycles. The third kappa shape index (κ3) is 2.97. The van der Waals surface area contributed by atoms with Crippen LogP contribution < -0.4 is 0 Å². The van der Waals surface area contributed by atoms with Gasteiger partial charge in [0.25, 0.3) is 5.91 Å². The molecule has 0 radical (unpaired) electrons. The van der Waals surface area contributed by atoms with Crippen LogP contribution in [-0.2, 0) is 11.3 Å². The van der Waals surface area contributed by atoms with Gasteiger partial charge < -0.3 is 19.2 Å². The molecule has 0 saturated carbocycles. The van der Waals surface area contributed by atoms with Gasteiger partial charge in [-0.2, -0.15) is 0 Å². The predicted molar refractivity (Wildman–Crippen MR) is 94.7 cm³/mol. The van der Waals surface area contributed by atoms with Crippen molar-refractivity contribution in [2.24, 2.45) is 0 Å². The Morgan fingerprint density at radius 2 is 2.00 bits per heavy atom. The van der Waals surface area contributed by atoms with Gasteiger partial charge in [0.2, 0.25) is 0 Å². The Morgan fingerprint density at radius 1 is 1.28 bits per heavy atom. The number of carbonyl (C=O) groups is 2. The van der Waals surface area contributed by atoms with Crippen LogP contribution >= 0.6 is 0 Å². The van der Waals surface area contributed by atoms with Gasteiger partial charge in [0.05, 0.1) is 17.7 Å². The minimum atomic E-state index is -0.388. The average molecular weight is 343 g/mol. The zero-order chi connectivity index (χ0) is 18.3. The molecule has 134 valence electrons. The lowest BCUT2D eigenvalue weighted by Crippen LogP contribution is -2.41. The summed E-state index contributed by atoms with van der Waals surface area (Å²) in [6.07, 6.45) is 1.84. The summed E-state index contributed by atoms with van der Waals surface area (Å²) in [5.41, 5.74) is 3.38. The lowest BCUT2D eigenvalue weighted by atomic mass is 10.1. The normalized spacial score (nSPS) is 16.9. The summed E-state index contributed by atoms with van der Waals surface area (Å²) < 4.78 is 7.48. The fourth-order valence-electron chi connectivity index (χ4n) is 3.54. The number of amides is 1. The number of hydrogen-bond donors (Lipinski definition) is 1. The van der Waals surface area contributed by atoms with Crippen molar-refractivity contribution in [1.29, 1.82) is 0 Å². The number of esters is 1. The van der Waals surface area contributed by atoms with Crippen molar-refractivity contribution < 1.29 is 14.3 Å². The minimum absolute atomic E-state index is 0.00896. The second-order valence-electron chi connectivity index (χ2n) is 6.88. The molecule has 3 heterocycles. The largest absolute Gasteiger partial charge is 0.459 e. The molecule has 3 rings (SSSR count). The lowest BCUT2D eigenvalue weighted by molar-refractivity contribution is 0.0376. The minimum Gasteiger partial charge on any atom is -0.459 e. The van der Waals surface area contributed by atoms with Crippen LogP contribution in [0.5, 0.6) is 0 Å². The van der Waals surface area contributed by atoms with Crippen LogP contribution in [0.4, 0.5) is 0 Å². The maximum Gasteiger partial charge on any atom is 0.340 e. The van der Waals surface area contributed by atoms with E-state index >= 15 is 0 Å². The highest BCUT2D eigenvalue weighted by molar-refractivity contribution is 6.00. The van der Waals surface area contributed by atoms with Crippen LogP contribution in [0.2, 0.25) is 0 Å². The number of ether oxygens (including phenoxy) is 1. The number of nitrogens with zero attached hydrogens (tertiary/aromatic N) is 2. The second-order valence-corrected chi connectivity index (χ2v) is 6.88. The smallest absolute Gasteiger partial charge is 0.340 e. The first-order chi connectivity index (χ1) is 11.8. The Labute approximate surface area is 147 Å². The highest BCUT2D eigenvalue weighted by Gasteiger charge is 2.31. The third-order valence-electron chi connectivity index (χ3n) is 4.80. The van der Waals surface area contributed by atoms with E-state index in [0.29, 0.717) is 29.1 Å². The van der Waals surface area contributed by atoms with Gasteiger partial charge in [0.15, 0.2) is 0 Å². The molecular formula is C19H25N3O3. The summed E-state index contributed by atoms with van der Waals surface area (Å²) >= 11 is 0. The number of carbonyl (C=O) groups excluding carboxylic acids is 2. The van der Waals surface area contributed by atoms with Crippen molar-refractivity contribution in [1.82, 2.24) is 14.5 Å². The SMILES string of the molecule is Cc1[nH]c(C(=O)N2CCn3cccc3[C@@H]2C)c(C)c1C(=O)OC(C)C. The monoisotopic (exact) mass is 343 g/mol. The molecule has 0 bridgehead atoms. The number of hydrogen-bond acceptors (Lipinski definition) is 3. The summed E-state index contributed by atoms with van der Waals surface area (Å²) in [5, 5.41) is 0. The van der Waals surface area contributed by atoms with E-state index in [4.69, 9.17) is 4.74 Å². The molecular weight excluding hydrogens is 318 g/mol. The molecule has 0 unspecified atom stereocenters. The molecule has 25 heavy (non-hydrogen) atoms. The number of aryl methyl sites for hydroxylation is 1. The van der Waals surface area contributed by atoms with Crippen LogP contribution in [0.3, 0.4) is 0 Å². The molecule has 0 spiro atoms. The first kappa shape index (κ1) is 17.3. The van der Waals surface area contributed by atoms with Crippen LogP contribution in [0.1, 0.15) is 64.6 Å². The van der Waals surface area contributed by atoms with Crippen molar-refractivity contribution in [2.75, 3.05) is 6.54 Å². The van der Waals surface area contributed by atoms with Crippen molar-refractivity contribution >= 4 is 11.9 Å². The fraction of sp³-hybridized carbons (Fsp3) is 0.474. The second kappa shape index (κ2) is 6.43. The molecule has 0 aromatic carbocycles. The van der Waals surface area contributed by atoms with Crippen molar-refractivity contribution in [3.05, 3.63) is 46.5 Å². The van der Waals surface area contributed by atoms with Gasteiger partial charge in [-0.05, 0) is 52.3 Å². The van der Waals surface area contributed by atoms with E-state index in [1.165, 1.54) is 0 Å². The van der Waals surface area contributed by atoms with Gasteiger partial charge in [0.1, 0.15) is 5.69 Å². The summed E-state index contributed by atoms with van der Waals surface area (Å²) in [6, 6.07) is 4.04. The van der Waals surface area contributed by atoms with Crippen molar-refractivity contribution in [3.8, 4) is 0 Å². The molecule has 2 aromatic heterocycles. The number of rotatable bonds is 3.